The number of hydrogen-bond donors (Lipinski definition) is 3. The molecular weight excluding hydrogens is 1320 g/mol. The van der Waals surface area contributed by atoms with Crippen molar-refractivity contribution >= 4 is 39.5 Å². The highest BCUT2D eigenvalue weighted by molar-refractivity contribution is 7.47. The summed E-state index contributed by atoms with van der Waals surface area (Å²) in [5.74, 6) is -1.28. The first-order valence-corrected chi connectivity index (χ1v) is 45.6. The maximum Gasteiger partial charge on any atom is 0.472 e. The number of phosphoric acid groups is 2. The van der Waals surface area contributed by atoms with E-state index in [9.17, 15) is 43.2 Å². The molecule has 0 saturated heterocycles. The highest BCUT2D eigenvalue weighted by Gasteiger charge is 2.30. The third kappa shape index (κ3) is 76.1. The lowest BCUT2D eigenvalue weighted by Gasteiger charge is -2.21. The number of unbranched alkanes of at least 4 members (excludes halogenated alkanes) is 54. The molecule has 101 heavy (non-hydrogen) atoms. The van der Waals surface area contributed by atoms with Crippen molar-refractivity contribution in [2.24, 2.45) is 5.92 Å². The molecule has 3 N–H and O–H groups in total. The van der Waals surface area contributed by atoms with E-state index < -0.39 is 97.5 Å². The average molecular weight is 1480 g/mol. The fraction of sp³-hybridized carbons (Fsp3) is 0.951. The van der Waals surface area contributed by atoms with Crippen molar-refractivity contribution in [3.8, 4) is 0 Å². The molecule has 0 aliphatic heterocycles. The molecule has 0 fully saturated rings. The zero-order valence-electron chi connectivity index (χ0n) is 66.1. The molecule has 0 bridgehead atoms. The largest absolute Gasteiger partial charge is 0.472 e. The first kappa shape index (κ1) is 99.1. The summed E-state index contributed by atoms with van der Waals surface area (Å²) in [6, 6.07) is 0. The topological polar surface area (TPSA) is 237 Å². The van der Waals surface area contributed by atoms with Gasteiger partial charge in [-0.2, -0.15) is 0 Å². The fourth-order valence-corrected chi connectivity index (χ4v) is 14.3. The van der Waals surface area contributed by atoms with E-state index in [2.05, 4.69) is 34.6 Å². The molecule has 5 atom stereocenters. The molecule has 0 aliphatic rings. The van der Waals surface area contributed by atoms with Crippen molar-refractivity contribution < 1.29 is 80.2 Å². The summed E-state index contributed by atoms with van der Waals surface area (Å²) in [6.45, 7) is 7.37. The Morgan fingerprint density at radius 1 is 0.267 bits per heavy atom. The van der Waals surface area contributed by atoms with Crippen LogP contribution in [0.1, 0.15) is 439 Å². The lowest BCUT2D eigenvalue weighted by molar-refractivity contribution is -0.161. The molecule has 19 heteroatoms. The molecule has 0 saturated carbocycles. The van der Waals surface area contributed by atoms with E-state index in [1.165, 1.54) is 263 Å². The van der Waals surface area contributed by atoms with E-state index in [1.807, 2.05) is 0 Å². The normalized spacial score (nSPS) is 13.8. The molecule has 0 spiro atoms. The van der Waals surface area contributed by atoms with Crippen LogP contribution < -0.4 is 0 Å². The van der Waals surface area contributed by atoms with Gasteiger partial charge in [-0.3, -0.25) is 37.3 Å². The summed E-state index contributed by atoms with van der Waals surface area (Å²) in [6.07, 6.45) is 66.5. The number of carbonyl (C=O) groups excluding carboxylic acids is 4. The van der Waals surface area contributed by atoms with Crippen LogP contribution in [-0.2, 0) is 65.4 Å². The predicted octanol–water partition coefficient (Wildman–Crippen LogP) is 24.8. The number of aliphatic hydroxyl groups excluding tert-OH is 1. The standard InChI is InChI=1S/C82H160O17P2/c1-6-9-12-15-18-21-24-26-28-34-38-41-46-51-56-61-66-80(85)93-72-78(99-82(87)68-63-58-53-48-43-39-35-32-30-29-31-33-36-40-44-49-54-59-64-75(4)5)74-97-101(90,91)95-70-76(83)69-94-100(88,89)96-73-77(71-92-79(84)65-60-55-50-45-23-20-17-14-11-8-3)98-81(86)67-62-57-52-47-42-37-27-25-22-19-16-13-10-7-2/h75-78,83H,6-74H2,1-5H3,(H,88,89)(H,90,91)/t76-,77+,78+/m0/s1. The van der Waals surface area contributed by atoms with Gasteiger partial charge in [0.05, 0.1) is 26.4 Å². The van der Waals surface area contributed by atoms with Gasteiger partial charge < -0.3 is 33.8 Å². The van der Waals surface area contributed by atoms with E-state index in [4.69, 9.17) is 37.0 Å². The molecule has 600 valence electrons. The van der Waals surface area contributed by atoms with Gasteiger partial charge in [-0.05, 0) is 31.6 Å². The molecule has 0 radical (unpaired) electrons. The molecule has 2 unspecified atom stereocenters. The van der Waals surface area contributed by atoms with E-state index in [-0.39, 0.29) is 25.7 Å². The number of rotatable bonds is 82. The first-order valence-electron chi connectivity index (χ1n) is 42.6. The van der Waals surface area contributed by atoms with Gasteiger partial charge >= 0.3 is 39.5 Å². The Labute approximate surface area is 619 Å². The average Bonchev–Trinajstić information content (AvgIpc) is 1.25. The van der Waals surface area contributed by atoms with Crippen LogP contribution in [-0.4, -0.2) is 96.7 Å². The van der Waals surface area contributed by atoms with Crippen molar-refractivity contribution in [2.45, 2.75) is 457 Å². The summed E-state index contributed by atoms with van der Waals surface area (Å²) in [5, 5.41) is 10.6. The number of ether oxygens (including phenoxy) is 4. The third-order valence-corrected chi connectivity index (χ3v) is 21.2. The van der Waals surface area contributed by atoms with Crippen LogP contribution in [0.15, 0.2) is 0 Å². The van der Waals surface area contributed by atoms with E-state index in [0.717, 1.165) is 95.8 Å². The van der Waals surface area contributed by atoms with Crippen LogP contribution in [0.3, 0.4) is 0 Å². The van der Waals surface area contributed by atoms with Gasteiger partial charge in [-0.1, -0.05) is 388 Å². The summed E-state index contributed by atoms with van der Waals surface area (Å²) in [5.41, 5.74) is 0. The van der Waals surface area contributed by atoms with Crippen LogP contribution >= 0.6 is 15.6 Å². The minimum absolute atomic E-state index is 0.108. The van der Waals surface area contributed by atoms with Crippen molar-refractivity contribution in [1.29, 1.82) is 0 Å². The number of phosphoric ester groups is 2. The maximum atomic E-state index is 13.1. The monoisotopic (exact) mass is 1480 g/mol. The van der Waals surface area contributed by atoms with Crippen LogP contribution in [0.25, 0.3) is 0 Å². The second-order valence-corrected chi connectivity index (χ2v) is 32.9. The SMILES string of the molecule is CCCCCCCCCCCCCCCCCCC(=O)OC[C@H](COP(=O)(O)OC[C@@H](O)COP(=O)(O)OC[C@@H](COC(=O)CCCCCCCCCCCC)OC(=O)CCCCCCCCCCCCCCCC)OC(=O)CCCCCCCCCCCCCCCCCCCCC(C)C. The Bertz CT molecular complexity index is 1930. The number of esters is 4. The molecule has 0 aromatic heterocycles. The molecular formula is C82H160O17P2. The second kappa shape index (κ2) is 74.9. The third-order valence-electron chi connectivity index (χ3n) is 19.3. The van der Waals surface area contributed by atoms with Gasteiger partial charge in [0, 0.05) is 25.7 Å². The van der Waals surface area contributed by atoms with Gasteiger partial charge in [0.2, 0.25) is 0 Å². The number of aliphatic hydroxyl groups is 1. The molecule has 17 nitrogen and oxygen atoms in total. The second-order valence-electron chi connectivity index (χ2n) is 30.0. The quantitative estimate of drug-likeness (QED) is 0.0222. The highest BCUT2D eigenvalue weighted by atomic mass is 31.2. The lowest BCUT2D eigenvalue weighted by atomic mass is 10.0. The predicted molar refractivity (Wildman–Crippen MR) is 414 cm³/mol. The molecule has 0 aliphatic carbocycles. The summed E-state index contributed by atoms with van der Waals surface area (Å²) in [7, 11) is -9.92. The summed E-state index contributed by atoms with van der Waals surface area (Å²) >= 11 is 0. The Morgan fingerprint density at radius 2 is 0.455 bits per heavy atom. The van der Waals surface area contributed by atoms with Gasteiger partial charge in [-0.25, -0.2) is 9.13 Å². The Hall–Kier alpha value is -1.94. The summed E-state index contributed by atoms with van der Waals surface area (Å²) < 4.78 is 68.7. The Morgan fingerprint density at radius 3 is 0.673 bits per heavy atom. The maximum absolute atomic E-state index is 13.1. The highest BCUT2D eigenvalue weighted by Crippen LogP contribution is 2.45. The van der Waals surface area contributed by atoms with Crippen LogP contribution in [0.2, 0.25) is 0 Å². The van der Waals surface area contributed by atoms with Crippen molar-refractivity contribution in [3.63, 3.8) is 0 Å². The first-order chi connectivity index (χ1) is 49.0. The molecule has 0 heterocycles. The van der Waals surface area contributed by atoms with Crippen LogP contribution in [0.5, 0.6) is 0 Å². The van der Waals surface area contributed by atoms with Crippen LogP contribution in [0, 0.1) is 5.92 Å². The Balaban J connectivity index is 5.22. The minimum atomic E-state index is -4.96. The minimum Gasteiger partial charge on any atom is -0.462 e. The Kier molecular flexibility index (Phi) is 73.5. The fourth-order valence-electron chi connectivity index (χ4n) is 12.8. The van der Waals surface area contributed by atoms with Crippen molar-refractivity contribution in [2.75, 3.05) is 39.6 Å². The number of hydrogen-bond acceptors (Lipinski definition) is 15. The zero-order valence-corrected chi connectivity index (χ0v) is 67.8. The van der Waals surface area contributed by atoms with Crippen LogP contribution in [0.4, 0.5) is 0 Å². The summed E-state index contributed by atoms with van der Waals surface area (Å²) in [4.78, 5) is 73.0. The van der Waals surface area contributed by atoms with Gasteiger partial charge in [0.1, 0.15) is 19.3 Å². The molecule has 0 rings (SSSR count). The van der Waals surface area contributed by atoms with E-state index >= 15 is 0 Å². The van der Waals surface area contributed by atoms with Gasteiger partial charge in [0.15, 0.2) is 12.2 Å². The lowest BCUT2D eigenvalue weighted by Crippen LogP contribution is -2.30. The molecule has 0 amide bonds. The molecule has 0 aromatic carbocycles. The van der Waals surface area contributed by atoms with E-state index in [0.29, 0.717) is 25.7 Å². The van der Waals surface area contributed by atoms with E-state index in [1.54, 1.807) is 0 Å². The van der Waals surface area contributed by atoms with Gasteiger partial charge in [-0.15, -0.1) is 0 Å². The van der Waals surface area contributed by atoms with Gasteiger partial charge in [0.25, 0.3) is 0 Å². The number of carbonyl (C=O) groups is 4. The molecule has 0 aromatic rings. The van der Waals surface area contributed by atoms with Crippen molar-refractivity contribution in [1.82, 2.24) is 0 Å². The smallest absolute Gasteiger partial charge is 0.462 e. The zero-order chi connectivity index (χ0) is 74.1. The van der Waals surface area contributed by atoms with Crippen molar-refractivity contribution in [3.05, 3.63) is 0 Å².